The lowest BCUT2D eigenvalue weighted by molar-refractivity contribution is -0.0530. The molecule has 1 aromatic carbocycles. The van der Waals surface area contributed by atoms with Crippen LogP contribution in [0.15, 0.2) is 18.2 Å². The fourth-order valence-electron chi connectivity index (χ4n) is 2.59. The van der Waals surface area contributed by atoms with Crippen LogP contribution in [-0.2, 0) is 4.74 Å². The first-order chi connectivity index (χ1) is 8.94. The summed E-state index contributed by atoms with van der Waals surface area (Å²) in [7, 11) is 0. The zero-order valence-electron chi connectivity index (χ0n) is 12.1. The second-order valence-corrected chi connectivity index (χ2v) is 5.47. The quantitative estimate of drug-likeness (QED) is 0.845. The molecule has 1 aromatic rings. The monoisotopic (exact) mass is 262 g/mol. The average Bonchev–Trinajstić information content (AvgIpc) is 2.25. The molecular weight excluding hydrogens is 240 g/mol. The Morgan fingerprint density at radius 3 is 2.21 bits per heavy atom. The molecule has 2 atom stereocenters. The number of hydrogen-bond donors (Lipinski definition) is 1. The molecule has 0 bridgehead atoms. The lowest BCUT2D eigenvalue weighted by atomic mass is 10.1. The van der Waals surface area contributed by atoms with Crippen LogP contribution in [0.4, 0.5) is 10.5 Å². The molecule has 0 aromatic heterocycles. The van der Waals surface area contributed by atoms with E-state index in [2.05, 4.69) is 11.4 Å². The van der Waals surface area contributed by atoms with Crippen molar-refractivity contribution in [2.75, 3.05) is 18.4 Å². The molecule has 4 heteroatoms. The van der Waals surface area contributed by atoms with Gasteiger partial charge in [-0.2, -0.15) is 0 Å². The van der Waals surface area contributed by atoms with E-state index in [1.54, 1.807) is 0 Å². The molecule has 104 valence electrons. The van der Waals surface area contributed by atoms with Crippen molar-refractivity contribution in [1.29, 1.82) is 0 Å². The first-order valence-corrected chi connectivity index (χ1v) is 6.73. The molecule has 19 heavy (non-hydrogen) atoms. The third-order valence-electron chi connectivity index (χ3n) is 3.18. The Morgan fingerprint density at radius 1 is 1.16 bits per heavy atom. The lowest BCUT2D eigenvalue weighted by Crippen LogP contribution is -2.49. The highest BCUT2D eigenvalue weighted by atomic mass is 16.5. The Morgan fingerprint density at radius 2 is 1.68 bits per heavy atom. The molecule has 1 N–H and O–H groups in total. The van der Waals surface area contributed by atoms with E-state index in [1.165, 1.54) is 0 Å². The van der Waals surface area contributed by atoms with E-state index in [9.17, 15) is 4.79 Å². The van der Waals surface area contributed by atoms with Gasteiger partial charge in [0.05, 0.1) is 12.2 Å². The molecule has 1 heterocycles. The molecule has 0 saturated carbocycles. The van der Waals surface area contributed by atoms with Crippen LogP contribution >= 0.6 is 0 Å². The van der Waals surface area contributed by atoms with E-state index >= 15 is 0 Å². The third kappa shape index (κ3) is 3.70. The molecule has 4 nitrogen and oxygen atoms in total. The van der Waals surface area contributed by atoms with Crippen LogP contribution < -0.4 is 5.32 Å². The van der Waals surface area contributed by atoms with Crippen molar-refractivity contribution < 1.29 is 9.53 Å². The van der Waals surface area contributed by atoms with Gasteiger partial charge in [0.25, 0.3) is 0 Å². The van der Waals surface area contributed by atoms with Crippen molar-refractivity contribution >= 4 is 11.7 Å². The summed E-state index contributed by atoms with van der Waals surface area (Å²) in [6, 6.07) is 6.01. The van der Waals surface area contributed by atoms with Crippen LogP contribution in [0.2, 0.25) is 0 Å². The number of nitrogens with zero attached hydrogens (tertiary/aromatic N) is 1. The Balaban J connectivity index is 2.04. The predicted molar refractivity (Wildman–Crippen MR) is 76.5 cm³/mol. The smallest absolute Gasteiger partial charge is 0.322 e. The fraction of sp³-hybridized carbons (Fsp3) is 0.533. The molecular formula is C15H22N2O2. The van der Waals surface area contributed by atoms with Crippen molar-refractivity contribution in [1.82, 2.24) is 4.90 Å². The predicted octanol–water partition coefficient (Wildman–Crippen LogP) is 2.94. The van der Waals surface area contributed by atoms with Gasteiger partial charge < -0.3 is 15.0 Å². The van der Waals surface area contributed by atoms with E-state index in [0.29, 0.717) is 13.1 Å². The van der Waals surface area contributed by atoms with Crippen molar-refractivity contribution in [3.8, 4) is 0 Å². The maximum atomic E-state index is 12.2. The topological polar surface area (TPSA) is 41.6 Å². The third-order valence-corrected chi connectivity index (χ3v) is 3.18. The number of nitrogens with one attached hydrogen (secondary N) is 1. The number of aryl methyl sites for hydroxylation is 2. The number of benzene rings is 1. The number of urea groups is 1. The van der Waals surface area contributed by atoms with Crippen LogP contribution in [-0.4, -0.2) is 36.2 Å². The molecule has 2 rings (SSSR count). The summed E-state index contributed by atoms with van der Waals surface area (Å²) in [5.41, 5.74) is 3.16. The fourth-order valence-corrected chi connectivity index (χ4v) is 2.59. The largest absolute Gasteiger partial charge is 0.372 e. The number of ether oxygens (including phenoxy) is 1. The first-order valence-electron chi connectivity index (χ1n) is 6.73. The SMILES string of the molecule is Cc1cc(C)cc(NC(=O)N2C[C@H](C)O[C@@H](C)C2)c1. The van der Waals surface area contributed by atoms with Gasteiger partial charge in [0.15, 0.2) is 0 Å². The standard InChI is InChI=1S/C15H22N2O2/c1-10-5-11(2)7-14(6-10)16-15(18)17-8-12(3)19-13(4)9-17/h5-7,12-13H,8-9H2,1-4H3,(H,16,18)/t12-,13-/m0/s1. The zero-order valence-corrected chi connectivity index (χ0v) is 12.1. The van der Waals surface area contributed by atoms with Gasteiger partial charge in [-0.25, -0.2) is 4.79 Å². The number of morpholine rings is 1. The molecule has 0 aliphatic carbocycles. The Hall–Kier alpha value is -1.55. The minimum absolute atomic E-state index is 0.0491. The van der Waals surface area contributed by atoms with E-state index in [-0.39, 0.29) is 18.2 Å². The summed E-state index contributed by atoms with van der Waals surface area (Å²) in [5, 5.41) is 2.97. The van der Waals surface area contributed by atoms with E-state index in [1.807, 2.05) is 44.7 Å². The maximum Gasteiger partial charge on any atom is 0.322 e. The number of carbonyl (C=O) groups excluding carboxylic acids is 1. The molecule has 0 unspecified atom stereocenters. The second kappa shape index (κ2) is 5.61. The number of anilines is 1. The highest BCUT2D eigenvalue weighted by Gasteiger charge is 2.25. The first kappa shape index (κ1) is 13.9. The van der Waals surface area contributed by atoms with Crippen LogP contribution in [0.5, 0.6) is 0 Å². The number of carbonyl (C=O) groups is 1. The number of amides is 2. The minimum Gasteiger partial charge on any atom is -0.372 e. The Kier molecular flexibility index (Phi) is 4.10. The summed E-state index contributed by atoms with van der Waals surface area (Å²) in [4.78, 5) is 14.1. The van der Waals surface area contributed by atoms with Gasteiger partial charge in [0.2, 0.25) is 0 Å². The van der Waals surface area contributed by atoms with E-state index < -0.39 is 0 Å². The molecule has 1 aliphatic rings. The zero-order chi connectivity index (χ0) is 14.0. The molecule has 2 amide bonds. The summed E-state index contributed by atoms with van der Waals surface area (Å²) >= 11 is 0. The highest BCUT2D eigenvalue weighted by Crippen LogP contribution is 2.16. The lowest BCUT2D eigenvalue weighted by Gasteiger charge is -2.35. The molecule has 1 fully saturated rings. The highest BCUT2D eigenvalue weighted by molar-refractivity contribution is 5.89. The van der Waals surface area contributed by atoms with Crippen LogP contribution in [0.25, 0.3) is 0 Å². The number of hydrogen-bond acceptors (Lipinski definition) is 2. The molecule has 1 saturated heterocycles. The molecule has 0 spiro atoms. The van der Waals surface area contributed by atoms with Crippen LogP contribution in [0, 0.1) is 13.8 Å². The van der Waals surface area contributed by atoms with Gasteiger partial charge in [-0.15, -0.1) is 0 Å². The van der Waals surface area contributed by atoms with Crippen LogP contribution in [0.3, 0.4) is 0 Å². The molecule has 0 radical (unpaired) electrons. The Bertz CT molecular complexity index is 443. The van der Waals surface area contributed by atoms with Gasteiger partial charge in [-0.3, -0.25) is 0 Å². The van der Waals surface area contributed by atoms with E-state index in [0.717, 1.165) is 16.8 Å². The summed E-state index contributed by atoms with van der Waals surface area (Å²) in [5.74, 6) is 0. The van der Waals surface area contributed by atoms with Crippen LogP contribution in [0.1, 0.15) is 25.0 Å². The van der Waals surface area contributed by atoms with Crippen molar-refractivity contribution in [3.05, 3.63) is 29.3 Å². The van der Waals surface area contributed by atoms with Gasteiger partial charge in [-0.1, -0.05) is 6.07 Å². The summed E-state index contributed by atoms with van der Waals surface area (Å²) in [6.45, 7) is 9.32. The summed E-state index contributed by atoms with van der Waals surface area (Å²) < 4.78 is 5.63. The average molecular weight is 262 g/mol. The van der Waals surface area contributed by atoms with Crippen molar-refractivity contribution in [2.24, 2.45) is 0 Å². The van der Waals surface area contributed by atoms with Gasteiger partial charge in [-0.05, 0) is 51.0 Å². The normalized spacial score (nSPS) is 23.3. The summed E-state index contributed by atoms with van der Waals surface area (Å²) in [6.07, 6.45) is 0.183. The minimum atomic E-state index is -0.0491. The van der Waals surface area contributed by atoms with Crippen molar-refractivity contribution in [3.63, 3.8) is 0 Å². The van der Waals surface area contributed by atoms with Crippen molar-refractivity contribution in [2.45, 2.75) is 39.9 Å². The maximum absolute atomic E-state index is 12.2. The van der Waals surface area contributed by atoms with Gasteiger partial charge in [0, 0.05) is 18.8 Å². The van der Waals surface area contributed by atoms with Gasteiger partial charge >= 0.3 is 6.03 Å². The second-order valence-electron chi connectivity index (χ2n) is 5.47. The molecule has 1 aliphatic heterocycles. The van der Waals surface area contributed by atoms with E-state index in [4.69, 9.17) is 4.74 Å². The Labute approximate surface area is 114 Å². The number of rotatable bonds is 1. The van der Waals surface area contributed by atoms with Gasteiger partial charge in [0.1, 0.15) is 0 Å².